The van der Waals surface area contributed by atoms with E-state index < -0.39 is 48.1 Å². The molecule has 2 aromatic rings. The third-order valence-corrected chi connectivity index (χ3v) is 3.16. The van der Waals surface area contributed by atoms with Gasteiger partial charge in [-0.3, -0.25) is 14.4 Å². The van der Waals surface area contributed by atoms with Crippen molar-refractivity contribution in [3.05, 3.63) is 59.4 Å². The lowest BCUT2D eigenvalue weighted by atomic mass is 10.2. The predicted molar refractivity (Wildman–Crippen MR) is 85.3 cm³/mol. The van der Waals surface area contributed by atoms with Crippen molar-refractivity contribution in [3.8, 4) is 5.75 Å². The number of benzene rings is 2. The molecule has 0 saturated carbocycles. The number of hydrogen-bond acceptors (Lipinski definition) is 4. The fourth-order valence-electron chi connectivity index (χ4n) is 1.90. The van der Waals surface area contributed by atoms with Crippen molar-refractivity contribution in [3.63, 3.8) is 0 Å². The molecular formula is C17H13F3N2O4. The number of nitrogens with one attached hydrogen (secondary N) is 2. The van der Waals surface area contributed by atoms with E-state index in [-0.39, 0.29) is 11.3 Å². The molecule has 0 spiro atoms. The van der Waals surface area contributed by atoms with E-state index in [0.29, 0.717) is 12.4 Å². The normalized spacial score (nSPS) is 10.1. The van der Waals surface area contributed by atoms with Crippen molar-refractivity contribution in [2.75, 3.05) is 18.5 Å². The van der Waals surface area contributed by atoms with Crippen LogP contribution in [-0.4, -0.2) is 31.3 Å². The molecule has 0 aliphatic carbocycles. The molecule has 2 aromatic carbocycles. The van der Waals surface area contributed by atoms with Gasteiger partial charge in [-0.1, -0.05) is 12.1 Å². The van der Waals surface area contributed by atoms with E-state index >= 15 is 0 Å². The summed E-state index contributed by atoms with van der Waals surface area (Å²) in [5, 5.41) is 4.20. The highest BCUT2D eigenvalue weighted by Gasteiger charge is 2.15. The fraction of sp³-hybridized carbons (Fsp3) is 0.118. The maximum absolute atomic E-state index is 13.4. The van der Waals surface area contributed by atoms with E-state index in [1.165, 1.54) is 12.1 Å². The Balaban J connectivity index is 1.83. The summed E-state index contributed by atoms with van der Waals surface area (Å²) >= 11 is 0. The number of aldehydes is 1. The molecule has 9 heteroatoms. The molecule has 0 aliphatic rings. The first-order valence-electron chi connectivity index (χ1n) is 7.29. The second kappa shape index (κ2) is 8.65. The Morgan fingerprint density at radius 2 is 1.73 bits per heavy atom. The number of carbonyl (C=O) groups excluding carboxylic acids is 3. The molecule has 6 nitrogen and oxygen atoms in total. The lowest BCUT2D eigenvalue weighted by molar-refractivity contribution is -0.125. The van der Waals surface area contributed by atoms with Crippen LogP contribution in [0.2, 0.25) is 0 Å². The number of carbonyl (C=O) groups is 3. The van der Waals surface area contributed by atoms with Crippen LogP contribution in [0, 0.1) is 17.5 Å². The first-order valence-corrected chi connectivity index (χ1v) is 7.29. The summed E-state index contributed by atoms with van der Waals surface area (Å²) < 4.78 is 44.5. The molecule has 136 valence electrons. The third kappa shape index (κ3) is 4.82. The highest BCUT2D eigenvalue weighted by Crippen LogP contribution is 2.19. The average molecular weight is 366 g/mol. The SMILES string of the molecule is O=Cc1ccccc1OCC(=O)NCC(=O)Nc1ccc(F)c(F)c1F. The van der Waals surface area contributed by atoms with Crippen LogP contribution < -0.4 is 15.4 Å². The zero-order valence-electron chi connectivity index (χ0n) is 13.2. The van der Waals surface area contributed by atoms with Crippen LogP contribution in [-0.2, 0) is 9.59 Å². The smallest absolute Gasteiger partial charge is 0.258 e. The average Bonchev–Trinajstić information content (AvgIpc) is 2.65. The minimum Gasteiger partial charge on any atom is -0.483 e. The van der Waals surface area contributed by atoms with E-state index in [1.807, 2.05) is 5.32 Å². The number of amides is 2. The Bertz CT molecular complexity index is 843. The van der Waals surface area contributed by atoms with Crippen molar-refractivity contribution in [2.24, 2.45) is 0 Å². The molecule has 2 amide bonds. The first-order chi connectivity index (χ1) is 12.4. The van der Waals surface area contributed by atoms with Crippen molar-refractivity contribution in [1.29, 1.82) is 0 Å². The molecule has 2 N–H and O–H groups in total. The van der Waals surface area contributed by atoms with Crippen molar-refractivity contribution >= 4 is 23.8 Å². The Morgan fingerprint density at radius 1 is 1.00 bits per heavy atom. The van der Waals surface area contributed by atoms with Crippen LogP contribution in [0.25, 0.3) is 0 Å². The molecular weight excluding hydrogens is 353 g/mol. The summed E-state index contributed by atoms with van der Waals surface area (Å²) in [7, 11) is 0. The number of rotatable bonds is 7. The summed E-state index contributed by atoms with van der Waals surface area (Å²) in [5.41, 5.74) is -0.300. The molecule has 0 fully saturated rings. The summed E-state index contributed by atoms with van der Waals surface area (Å²) in [6, 6.07) is 7.75. The number of ether oxygens (including phenoxy) is 1. The minimum atomic E-state index is -1.71. The number of para-hydroxylation sites is 1. The van der Waals surface area contributed by atoms with Crippen molar-refractivity contribution in [2.45, 2.75) is 0 Å². The molecule has 0 heterocycles. The zero-order valence-corrected chi connectivity index (χ0v) is 13.2. The quantitative estimate of drug-likeness (QED) is 0.580. The summed E-state index contributed by atoms with van der Waals surface area (Å²) in [4.78, 5) is 34.1. The van der Waals surface area contributed by atoms with Crippen LogP contribution in [0.3, 0.4) is 0 Å². The van der Waals surface area contributed by atoms with Gasteiger partial charge < -0.3 is 15.4 Å². The van der Waals surface area contributed by atoms with Gasteiger partial charge in [-0.2, -0.15) is 0 Å². The molecule has 2 rings (SSSR count). The third-order valence-electron chi connectivity index (χ3n) is 3.16. The van der Waals surface area contributed by atoms with Gasteiger partial charge in [0.2, 0.25) is 5.91 Å². The minimum absolute atomic E-state index is 0.200. The predicted octanol–water partition coefficient (Wildman–Crippen LogP) is 2.05. The molecule has 0 bridgehead atoms. The zero-order chi connectivity index (χ0) is 19.1. The summed E-state index contributed by atoms with van der Waals surface area (Å²) in [6.45, 7) is -1.01. The van der Waals surface area contributed by atoms with E-state index in [0.717, 1.165) is 6.07 Å². The standard InChI is InChI=1S/C17H13F3N2O4/c18-11-5-6-12(17(20)16(11)19)22-14(24)7-21-15(25)9-26-13-4-2-1-3-10(13)8-23/h1-6,8H,7,9H2,(H,21,25)(H,22,24). The monoisotopic (exact) mass is 366 g/mol. The number of halogens is 3. The van der Waals surface area contributed by atoms with E-state index in [9.17, 15) is 27.6 Å². The number of anilines is 1. The Morgan fingerprint density at radius 3 is 2.46 bits per heavy atom. The Labute approximate surface area is 146 Å². The molecule has 26 heavy (non-hydrogen) atoms. The first kappa shape index (κ1) is 19.0. The van der Waals surface area contributed by atoms with Gasteiger partial charge in [0.1, 0.15) is 5.75 Å². The molecule has 0 aliphatic heterocycles. The van der Waals surface area contributed by atoms with Gasteiger partial charge in [-0.05, 0) is 24.3 Å². The molecule has 0 saturated heterocycles. The van der Waals surface area contributed by atoms with Gasteiger partial charge in [0, 0.05) is 0 Å². The second-order valence-corrected chi connectivity index (χ2v) is 4.99. The molecule has 0 radical (unpaired) electrons. The van der Waals surface area contributed by atoms with Gasteiger partial charge in [-0.15, -0.1) is 0 Å². The Kier molecular flexibility index (Phi) is 6.31. The molecule has 0 atom stereocenters. The lowest BCUT2D eigenvalue weighted by Gasteiger charge is -2.10. The van der Waals surface area contributed by atoms with Gasteiger partial charge in [0.05, 0.1) is 17.8 Å². The summed E-state index contributed by atoms with van der Waals surface area (Å²) in [6.07, 6.45) is 0.567. The fourth-order valence-corrected chi connectivity index (χ4v) is 1.90. The highest BCUT2D eigenvalue weighted by molar-refractivity contribution is 5.94. The van der Waals surface area contributed by atoms with Crippen LogP contribution >= 0.6 is 0 Å². The lowest BCUT2D eigenvalue weighted by Crippen LogP contribution is -2.36. The highest BCUT2D eigenvalue weighted by atomic mass is 19.2. The topological polar surface area (TPSA) is 84.5 Å². The van der Waals surface area contributed by atoms with Crippen LogP contribution in [0.15, 0.2) is 36.4 Å². The largest absolute Gasteiger partial charge is 0.483 e. The van der Waals surface area contributed by atoms with Gasteiger partial charge in [0.15, 0.2) is 30.3 Å². The second-order valence-electron chi connectivity index (χ2n) is 4.99. The van der Waals surface area contributed by atoms with Crippen LogP contribution in [0.5, 0.6) is 5.75 Å². The van der Waals surface area contributed by atoms with E-state index in [4.69, 9.17) is 4.74 Å². The maximum atomic E-state index is 13.4. The number of hydrogen-bond donors (Lipinski definition) is 2. The summed E-state index contributed by atoms with van der Waals surface area (Å²) in [5.74, 6) is -5.97. The molecule has 0 unspecified atom stereocenters. The van der Waals surface area contributed by atoms with Crippen molar-refractivity contribution in [1.82, 2.24) is 5.32 Å². The van der Waals surface area contributed by atoms with Gasteiger partial charge in [-0.25, -0.2) is 13.2 Å². The van der Waals surface area contributed by atoms with E-state index in [2.05, 4.69) is 5.32 Å². The van der Waals surface area contributed by atoms with Crippen LogP contribution in [0.4, 0.5) is 18.9 Å². The van der Waals surface area contributed by atoms with Crippen LogP contribution in [0.1, 0.15) is 10.4 Å². The maximum Gasteiger partial charge on any atom is 0.258 e. The molecule has 0 aromatic heterocycles. The Hall–Kier alpha value is -3.36. The van der Waals surface area contributed by atoms with Gasteiger partial charge in [0.25, 0.3) is 5.91 Å². The van der Waals surface area contributed by atoms with E-state index in [1.54, 1.807) is 12.1 Å². The van der Waals surface area contributed by atoms with Crippen molar-refractivity contribution < 1.29 is 32.3 Å². The van der Waals surface area contributed by atoms with Gasteiger partial charge >= 0.3 is 0 Å².